The van der Waals surface area contributed by atoms with Gasteiger partial charge in [0.15, 0.2) is 5.75 Å². The molecule has 0 aliphatic rings. The molecule has 17 heavy (non-hydrogen) atoms. The second-order valence-corrected chi connectivity index (χ2v) is 3.00. The number of isocyanates is 1. The number of aliphatic imine (C=N–C) groups is 1. The van der Waals surface area contributed by atoms with Gasteiger partial charge in [-0.25, -0.2) is 9.59 Å². The number of carboxylic acids is 1. The summed E-state index contributed by atoms with van der Waals surface area (Å²) in [6.07, 6.45) is 1.35. The molecule has 1 N–H and O–H groups in total. The second-order valence-electron chi connectivity index (χ2n) is 3.00. The van der Waals surface area contributed by atoms with Gasteiger partial charge in [-0.15, -0.1) is 0 Å². The Labute approximate surface area is 97.5 Å². The van der Waals surface area contributed by atoms with E-state index in [1.54, 1.807) is 0 Å². The molecule has 0 aliphatic carbocycles. The van der Waals surface area contributed by atoms with Gasteiger partial charge in [-0.05, 0) is 12.1 Å². The van der Waals surface area contributed by atoms with Gasteiger partial charge in [-0.2, -0.15) is 4.99 Å². The van der Waals surface area contributed by atoms with Crippen molar-refractivity contribution >= 4 is 17.7 Å². The normalized spacial score (nSPS) is 9.47. The fourth-order valence-electron chi connectivity index (χ4n) is 1.21. The predicted octanol–water partition coefficient (Wildman–Crippen LogP) is 1.38. The molecule has 0 atom stereocenters. The summed E-state index contributed by atoms with van der Waals surface area (Å²) in [5.74, 6) is -1.11. The van der Waals surface area contributed by atoms with E-state index in [1.165, 1.54) is 31.4 Å². The SMILES string of the molecule is COCCOc1c(N=C=O)cccc1C(=O)O. The van der Waals surface area contributed by atoms with Crippen LogP contribution in [0.3, 0.4) is 0 Å². The molecule has 1 aromatic rings. The van der Waals surface area contributed by atoms with Gasteiger partial charge in [-0.1, -0.05) is 6.07 Å². The average molecular weight is 237 g/mol. The fourth-order valence-corrected chi connectivity index (χ4v) is 1.21. The van der Waals surface area contributed by atoms with Crippen molar-refractivity contribution in [3.63, 3.8) is 0 Å². The van der Waals surface area contributed by atoms with E-state index >= 15 is 0 Å². The van der Waals surface area contributed by atoms with Crippen LogP contribution in [0.15, 0.2) is 23.2 Å². The quantitative estimate of drug-likeness (QED) is 0.459. The van der Waals surface area contributed by atoms with Crippen molar-refractivity contribution in [2.75, 3.05) is 20.3 Å². The third-order valence-electron chi connectivity index (χ3n) is 1.92. The maximum absolute atomic E-state index is 11.0. The van der Waals surface area contributed by atoms with E-state index in [-0.39, 0.29) is 23.6 Å². The van der Waals surface area contributed by atoms with Crippen molar-refractivity contribution in [2.45, 2.75) is 0 Å². The highest BCUT2D eigenvalue weighted by Crippen LogP contribution is 2.31. The number of hydrogen-bond acceptors (Lipinski definition) is 5. The molecule has 0 radical (unpaired) electrons. The Morgan fingerprint density at radius 3 is 2.82 bits per heavy atom. The van der Waals surface area contributed by atoms with Crippen molar-refractivity contribution in [3.05, 3.63) is 23.8 Å². The number of aromatic carboxylic acids is 1. The summed E-state index contributed by atoms with van der Waals surface area (Å²) in [5.41, 5.74) is 0.0774. The van der Waals surface area contributed by atoms with E-state index < -0.39 is 5.97 Å². The first-order chi connectivity index (χ1) is 8.20. The molecule has 0 heterocycles. The number of methoxy groups -OCH3 is 1. The van der Waals surface area contributed by atoms with Gasteiger partial charge in [-0.3, -0.25) is 0 Å². The molecule has 1 rings (SSSR count). The Morgan fingerprint density at radius 2 is 2.24 bits per heavy atom. The highest BCUT2D eigenvalue weighted by molar-refractivity contribution is 5.93. The van der Waals surface area contributed by atoms with Gasteiger partial charge in [0, 0.05) is 7.11 Å². The highest BCUT2D eigenvalue weighted by atomic mass is 16.5. The predicted molar refractivity (Wildman–Crippen MR) is 58.6 cm³/mol. The van der Waals surface area contributed by atoms with Gasteiger partial charge in [0.1, 0.15) is 17.9 Å². The van der Waals surface area contributed by atoms with E-state index in [0.29, 0.717) is 6.61 Å². The Hall–Kier alpha value is -2.17. The molecule has 6 nitrogen and oxygen atoms in total. The molecule has 1 aromatic carbocycles. The first kappa shape index (κ1) is 12.9. The lowest BCUT2D eigenvalue weighted by Crippen LogP contribution is -2.08. The number of hydrogen-bond donors (Lipinski definition) is 1. The van der Waals surface area contributed by atoms with E-state index in [2.05, 4.69) is 4.99 Å². The molecule has 0 saturated carbocycles. The minimum atomic E-state index is -1.15. The Bertz CT molecular complexity index is 431. The number of carboxylic acid groups (broad SMARTS) is 1. The largest absolute Gasteiger partial charge is 0.488 e. The molecule has 0 spiro atoms. The van der Waals surface area contributed by atoms with Gasteiger partial charge in [0.25, 0.3) is 0 Å². The molecule has 0 amide bonds. The van der Waals surface area contributed by atoms with Crippen LogP contribution in [0.25, 0.3) is 0 Å². The summed E-state index contributed by atoms with van der Waals surface area (Å²) in [4.78, 5) is 24.6. The zero-order chi connectivity index (χ0) is 12.7. The minimum absolute atomic E-state index is 0.0420. The van der Waals surface area contributed by atoms with Gasteiger partial charge < -0.3 is 14.6 Å². The van der Waals surface area contributed by atoms with E-state index in [4.69, 9.17) is 14.6 Å². The average Bonchev–Trinajstić information content (AvgIpc) is 2.31. The zero-order valence-electron chi connectivity index (χ0n) is 9.17. The molecule has 6 heteroatoms. The third-order valence-corrected chi connectivity index (χ3v) is 1.92. The van der Waals surface area contributed by atoms with E-state index in [0.717, 1.165) is 0 Å². The first-order valence-corrected chi connectivity index (χ1v) is 4.76. The monoisotopic (exact) mass is 237 g/mol. The molecular weight excluding hydrogens is 226 g/mol. The summed E-state index contributed by atoms with van der Waals surface area (Å²) >= 11 is 0. The van der Waals surface area contributed by atoms with Gasteiger partial charge in [0.05, 0.1) is 6.61 Å². The van der Waals surface area contributed by atoms with Gasteiger partial charge >= 0.3 is 5.97 Å². The molecule has 0 aliphatic heterocycles. The number of rotatable bonds is 6. The summed E-state index contributed by atoms with van der Waals surface area (Å²) in [7, 11) is 1.50. The number of nitrogens with zero attached hydrogens (tertiary/aromatic N) is 1. The van der Waals surface area contributed by atoms with Crippen LogP contribution in [-0.2, 0) is 9.53 Å². The van der Waals surface area contributed by atoms with Gasteiger partial charge in [0.2, 0.25) is 6.08 Å². The summed E-state index contributed by atoms with van der Waals surface area (Å²) in [6.45, 7) is 0.473. The Kier molecular flexibility index (Phi) is 4.87. The number of carbonyl (C=O) groups is 1. The van der Waals surface area contributed by atoms with Crippen molar-refractivity contribution in [1.29, 1.82) is 0 Å². The Balaban J connectivity index is 3.09. The zero-order valence-corrected chi connectivity index (χ0v) is 9.17. The molecule has 0 aromatic heterocycles. The number of ether oxygens (including phenoxy) is 2. The summed E-state index contributed by atoms with van der Waals surface area (Å²) < 4.78 is 10.0. The second kappa shape index (κ2) is 6.42. The lowest BCUT2D eigenvalue weighted by atomic mass is 10.2. The minimum Gasteiger partial charge on any atom is -0.488 e. The maximum atomic E-state index is 11.0. The molecule has 0 fully saturated rings. The van der Waals surface area contributed by atoms with Crippen LogP contribution in [0.2, 0.25) is 0 Å². The standard InChI is InChI=1S/C11H11NO5/c1-16-5-6-17-10-8(11(14)15)3-2-4-9(10)12-7-13/h2-4H,5-6H2,1H3,(H,14,15). The number of benzene rings is 1. The van der Waals surface area contributed by atoms with Crippen molar-refractivity contribution < 1.29 is 24.2 Å². The van der Waals surface area contributed by atoms with Crippen LogP contribution in [-0.4, -0.2) is 37.5 Å². The fraction of sp³-hybridized carbons (Fsp3) is 0.273. The van der Waals surface area contributed by atoms with Crippen LogP contribution < -0.4 is 4.74 Å². The summed E-state index contributed by atoms with van der Waals surface area (Å²) in [6, 6.07) is 4.32. The third kappa shape index (κ3) is 3.41. The highest BCUT2D eigenvalue weighted by Gasteiger charge is 2.15. The first-order valence-electron chi connectivity index (χ1n) is 4.76. The number of carbonyl (C=O) groups excluding carboxylic acids is 1. The summed E-state index contributed by atoms with van der Waals surface area (Å²) in [5, 5.41) is 8.96. The van der Waals surface area contributed by atoms with Crippen LogP contribution >= 0.6 is 0 Å². The molecule has 0 bridgehead atoms. The maximum Gasteiger partial charge on any atom is 0.339 e. The topological polar surface area (TPSA) is 85.2 Å². The lowest BCUT2D eigenvalue weighted by molar-refractivity contribution is 0.0690. The van der Waals surface area contributed by atoms with Crippen molar-refractivity contribution in [3.8, 4) is 5.75 Å². The number of para-hydroxylation sites is 1. The molecular formula is C11H11NO5. The van der Waals surface area contributed by atoms with Crippen LogP contribution in [0.5, 0.6) is 5.75 Å². The molecule has 0 unspecified atom stereocenters. The van der Waals surface area contributed by atoms with E-state index in [9.17, 15) is 9.59 Å². The molecule has 90 valence electrons. The van der Waals surface area contributed by atoms with Crippen molar-refractivity contribution in [2.24, 2.45) is 4.99 Å². The Morgan fingerprint density at radius 1 is 1.47 bits per heavy atom. The van der Waals surface area contributed by atoms with Crippen LogP contribution in [0.1, 0.15) is 10.4 Å². The lowest BCUT2D eigenvalue weighted by Gasteiger charge is -2.10. The van der Waals surface area contributed by atoms with E-state index in [1.807, 2.05) is 0 Å². The molecule has 0 saturated heterocycles. The van der Waals surface area contributed by atoms with Crippen LogP contribution in [0.4, 0.5) is 5.69 Å². The van der Waals surface area contributed by atoms with Crippen LogP contribution in [0, 0.1) is 0 Å². The van der Waals surface area contributed by atoms with Crippen molar-refractivity contribution in [1.82, 2.24) is 0 Å². The smallest absolute Gasteiger partial charge is 0.339 e.